The molecule has 1 N–H and O–H groups in total. The zero-order chi connectivity index (χ0) is 18.6. The van der Waals surface area contributed by atoms with Gasteiger partial charge < -0.3 is 19.7 Å². The van der Waals surface area contributed by atoms with E-state index in [-0.39, 0.29) is 11.4 Å². The van der Waals surface area contributed by atoms with Gasteiger partial charge in [-0.3, -0.25) is 4.79 Å². The number of ether oxygens (including phenoxy) is 2. The zero-order valence-corrected chi connectivity index (χ0v) is 13.5. The lowest BCUT2D eigenvalue weighted by Gasteiger charge is -2.27. The number of alkyl halides is 3. The SMILES string of the molecule is O=C(Nc1ccccc1OC(F)(F)F)c1ccc(N2CCOCC2)nn1. The Balaban J connectivity index is 1.70. The van der Waals surface area contributed by atoms with Crippen molar-refractivity contribution in [1.82, 2.24) is 10.2 Å². The molecule has 2 aromatic rings. The molecule has 1 fully saturated rings. The monoisotopic (exact) mass is 368 g/mol. The van der Waals surface area contributed by atoms with Crippen LogP contribution in [0.4, 0.5) is 24.7 Å². The van der Waals surface area contributed by atoms with Crippen molar-refractivity contribution >= 4 is 17.4 Å². The topological polar surface area (TPSA) is 76.6 Å². The predicted octanol–water partition coefficient (Wildman–Crippen LogP) is 2.46. The van der Waals surface area contributed by atoms with Gasteiger partial charge in [0.05, 0.1) is 18.9 Å². The van der Waals surface area contributed by atoms with Gasteiger partial charge in [0, 0.05) is 13.1 Å². The molecule has 0 bridgehead atoms. The molecule has 26 heavy (non-hydrogen) atoms. The first-order valence-corrected chi connectivity index (χ1v) is 7.75. The van der Waals surface area contributed by atoms with Gasteiger partial charge in [-0.25, -0.2) is 0 Å². The number of aromatic nitrogens is 2. The molecule has 2 heterocycles. The maximum absolute atomic E-state index is 12.4. The molecule has 0 aliphatic carbocycles. The molecule has 1 aliphatic heterocycles. The Hall–Kier alpha value is -2.88. The number of anilines is 2. The molecule has 1 aliphatic rings. The van der Waals surface area contributed by atoms with E-state index in [1.165, 1.54) is 24.3 Å². The number of morpholine rings is 1. The smallest absolute Gasteiger partial charge is 0.404 e. The van der Waals surface area contributed by atoms with E-state index < -0.39 is 18.0 Å². The first-order chi connectivity index (χ1) is 12.4. The number of rotatable bonds is 4. The van der Waals surface area contributed by atoms with E-state index in [1.54, 1.807) is 6.07 Å². The summed E-state index contributed by atoms with van der Waals surface area (Å²) in [6.45, 7) is 2.50. The van der Waals surface area contributed by atoms with E-state index in [1.807, 2.05) is 4.90 Å². The lowest BCUT2D eigenvalue weighted by Crippen LogP contribution is -2.37. The van der Waals surface area contributed by atoms with E-state index in [9.17, 15) is 18.0 Å². The Bertz CT molecular complexity index is 762. The fourth-order valence-corrected chi connectivity index (χ4v) is 2.38. The number of carbonyl (C=O) groups excluding carboxylic acids is 1. The number of nitrogens with zero attached hydrogens (tertiary/aromatic N) is 3. The summed E-state index contributed by atoms with van der Waals surface area (Å²) in [7, 11) is 0. The van der Waals surface area contributed by atoms with Gasteiger partial charge in [-0.05, 0) is 24.3 Å². The Morgan fingerprint density at radius 2 is 1.85 bits per heavy atom. The van der Waals surface area contributed by atoms with Gasteiger partial charge in [0.1, 0.15) is 0 Å². The van der Waals surface area contributed by atoms with E-state index >= 15 is 0 Å². The average Bonchev–Trinajstić information content (AvgIpc) is 2.63. The number of hydrogen-bond acceptors (Lipinski definition) is 6. The standard InChI is InChI=1S/C16H15F3N4O3/c17-16(18,19)26-13-4-2-1-3-11(13)20-15(24)12-5-6-14(22-21-12)23-7-9-25-10-8-23/h1-6H,7-10H2,(H,20,24). The number of hydrogen-bond donors (Lipinski definition) is 1. The van der Waals surface area contributed by atoms with Crippen LogP contribution in [0.5, 0.6) is 5.75 Å². The van der Waals surface area contributed by atoms with Gasteiger partial charge in [0.15, 0.2) is 17.3 Å². The summed E-state index contributed by atoms with van der Waals surface area (Å²) in [5.41, 5.74) is -0.141. The molecule has 1 aromatic heterocycles. The van der Waals surface area contributed by atoms with Crippen LogP contribution in [0.3, 0.4) is 0 Å². The van der Waals surface area contributed by atoms with E-state index in [0.717, 1.165) is 6.07 Å². The molecule has 0 unspecified atom stereocenters. The lowest BCUT2D eigenvalue weighted by molar-refractivity contribution is -0.274. The number of carbonyl (C=O) groups is 1. The highest BCUT2D eigenvalue weighted by molar-refractivity contribution is 6.03. The van der Waals surface area contributed by atoms with Crippen molar-refractivity contribution < 1.29 is 27.4 Å². The number of para-hydroxylation sites is 2. The molecule has 0 spiro atoms. The minimum atomic E-state index is -4.86. The maximum Gasteiger partial charge on any atom is 0.573 e. The first-order valence-electron chi connectivity index (χ1n) is 7.75. The Kier molecular flexibility index (Phi) is 5.21. The molecule has 1 amide bonds. The number of amides is 1. The van der Waals surface area contributed by atoms with E-state index in [0.29, 0.717) is 32.1 Å². The molecule has 3 rings (SSSR count). The quantitative estimate of drug-likeness (QED) is 0.894. The Morgan fingerprint density at radius 1 is 1.12 bits per heavy atom. The van der Waals surface area contributed by atoms with Crippen molar-refractivity contribution in [2.45, 2.75) is 6.36 Å². The molecule has 0 atom stereocenters. The molecule has 1 aromatic carbocycles. The third kappa shape index (κ3) is 4.60. The summed E-state index contributed by atoms with van der Waals surface area (Å²) in [6.07, 6.45) is -4.86. The summed E-state index contributed by atoms with van der Waals surface area (Å²) in [5, 5.41) is 10.2. The second-order valence-corrected chi connectivity index (χ2v) is 5.37. The number of benzene rings is 1. The lowest BCUT2D eigenvalue weighted by atomic mass is 10.2. The van der Waals surface area contributed by atoms with Crippen molar-refractivity contribution in [2.75, 3.05) is 36.5 Å². The third-order valence-electron chi connectivity index (χ3n) is 3.58. The molecule has 10 heteroatoms. The number of halogens is 3. The largest absolute Gasteiger partial charge is 0.573 e. The van der Waals surface area contributed by atoms with Crippen LogP contribution in [0.2, 0.25) is 0 Å². The summed E-state index contributed by atoms with van der Waals surface area (Å²) >= 11 is 0. The molecular weight excluding hydrogens is 353 g/mol. The normalized spacial score (nSPS) is 14.8. The van der Waals surface area contributed by atoms with Crippen LogP contribution in [0.15, 0.2) is 36.4 Å². The van der Waals surface area contributed by atoms with Gasteiger partial charge in [0.2, 0.25) is 0 Å². The minimum absolute atomic E-state index is 0.0242. The molecule has 0 saturated carbocycles. The average molecular weight is 368 g/mol. The van der Waals surface area contributed by atoms with Crippen molar-refractivity contribution in [3.8, 4) is 5.75 Å². The van der Waals surface area contributed by atoms with Gasteiger partial charge in [-0.1, -0.05) is 12.1 Å². The molecule has 7 nitrogen and oxygen atoms in total. The molecule has 138 valence electrons. The minimum Gasteiger partial charge on any atom is -0.404 e. The van der Waals surface area contributed by atoms with Crippen LogP contribution >= 0.6 is 0 Å². The van der Waals surface area contributed by atoms with Crippen LogP contribution in [-0.4, -0.2) is 48.8 Å². The van der Waals surface area contributed by atoms with Crippen LogP contribution in [-0.2, 0) is 4.74 Å². The van der Waals surface area contributed by atoms with Crippen molar-refractivity contribution in [3.05, 3.63) is 42.1 Å². The molecule has 1 saturated heterocycles. The van der Waals surface area contributed by atoms with Crippen LogP contribution in [0.1, 0.15) is 10.5 Å². The van der Waals surface area contributed by atoms with Gasteiger partial charge >= 0.3 is 6.36 Å². The van der Waals surface area contributed by atoms with Crippen LogP contribution in [0.25, 0.3) is 0 Å². The van der Waals surface area contributed by atoms with Gasteiger partial charge in [0.25, 0.3) is 5.91 Å². The summed E-state index contributed by atoms with van der Waals surface area (Å²) in [4.78, 5) is 14.2. The molecular formula is C16H15F3N4O3. The maximum atomic E-state index is 12.4. The second kappa shape index (κ2) is 7.56. The highest BCUT2D eigenvalue weighted by Gasteiger charge is 2.32. The van der Waals surface area contributed by atoms with Crippen molar-refractivity contribution in [3.63, 3.8) is 0 Å². The highest BCUT2D eigenvalue weighted by Crippen LogP contribution is 2.30. The van der Waals surface area contributed by atoms with E-state index in [2.05, 4.69) is 20.3 Å². The second-order valence-electron chi connectivity index (χ2n) is 5.37. The van der Waals surface area contributed by atoms with E-state index in [4.69, 9.17) is 4.74 Å². The highest BCUT2D eigenvalue weighted by atomic mass is 19.4. The van der Waals surface area contributed by atoms with Crippen molar-refractivity contribution in [2.24, 2.45) is 0 Å². The fraction of sp³-hybridized carbons (Fsp3) is 0.312. The number of nitrogens with one attached hydrogen (secondary N) is 1. The Labute approximate surface area is 146 Å². The van der Waals surface area contributed by atoms with Crippen molar-refractivity contribution in [1.29, 1.82) is 0 Å². The van der Waals surface area contributed by atoms with Crippen LogP contribution < -0.4 is 15.0 Å². The summed E-state index contributed by atoms with van der Waals surface area (Å²) in [6, 6.07) is 8.34. The zero-order valence-electron chi connectivity index (χ0n) is 13.5. The summed E-state index contributed by atoms with van der Waals surface area (Å²) in [5.74, 6) is -0.596. The van der Waals surface area contributed by atoms with Gasteiger partial charge in [-0.2, -0.15) is 0 Å². The van der Waals surface area contributed by atoms with Gasteiger partial charge in [-0.15, -0.1) is 23.4 Å². The predicted molar refractivity (Wildman–Crippen MR) is 86.1 cm³/mol. The third-order valence-corrected chi connectivity index (χ3v) is 3.58. The Morgan fingerprint density at radius 3 is 2.50 bits per heavy atom. The van der Waals surface area contributed by atoms with Crippen LogP contribution in [0, 0.1) is 0 Å². The first kappa shape index (κ1) is 17.9. The fourth-order valence-electron chi connectivity index (χ4n) is 2.38. The molecule has 0 radical (unpaired) electrons. The summed E-state index contributed by atoms with van der Waals surface area (Å²) < 4.78 is 46.4.